The molecule has 0 aromatic carbocycles. The summed E-state index contributed by atoms with van der Waals surface area (Å²) in [5, 5.41) is 8.99. The van der Waals surface area contributed by atoms with Crippen LogP contribution in [0.1, 0.15) is 41.0 Å². The number of hydrogen-bond acceptors (Lipinski definition) is 2. The Morgan fingerprint density at radius 2 is 1.93 bits per heavy atom. The van der Waals surface area contributed by atoms with Crippen molar-refractivity contribution < 1.29 is 14.1 Å². The quantitative estimate of drug-likeness (QED) is 0.759. The molecule has 90 valence electrons. The van der Waals surface area contributed by atoms with Crippen molar-refractivity contribution >= 4 is 17.0 Å². The number of carbonyl (C=O) groups is 1. The average molecular weight is 235 g/mol. The van der Waals surface area contributed by atoms with Crippen molar-refractivity contribution in [1.82, 2.24) is 4.72 Å². The van der Waals surface area contributed by atoms with Crippen LogP contribution in [0, 0.1) is 5.92 Å². The normalized spacial score (nSPS) is 18.2. The van der Waals surface area contributed by atoms with E-state index in [1.165, 1.54) is 0 Å². The third-order valence-corrected chi connectivity index (χ3v) is 3.85. The van der Waals surface area contributed by atoms with Crippen molar-refractivity contribution in [3.8, 4) is 0 Å². The Bertz CT molecular complexity index is 248. The second-order valence-electron chi connectivity index (χ2n) is 4.70. The molecule has 0 aliphatic heterocycles. The fourth-order valence-corrected chi connectivity index (χ4v) is 1.86. The van der Waals surface area contributed by atoms with Gasteiger partial charge in [-0.2, -0.15) is 0 Å². The van der Waals surface area contributed by atoms with E-state index in [0.29, 0.717) is 0 Å². The molecule has 0 fully saturated rings. The van der Waals surface area contributed by atoms with Gasteiger partial charge in [-0.1, -0.05) is 20.3 Å². The molecular formula is C10H21NO3S. The maximum absolute atomic E-state index is 11.7. The third-order valence-electron chi connectivity index (χ3n) is 2.27. The smallest absolute Gasteiger partial charge is 0.321 e. The van der Waals surface area contributed by atoms with Crippen LogP contribution < -0.4 is 4.72 Å². The van der Waals surface area contributed by atoms with E-state index in [0.717, 1.165) is 6.42 Å². The van der Waals surface area contributed by atoms with Crippen LogP contribution in [0.5, 0.6) is 0 Å². The lowest BCUT2D eigenvalue weighted by molar-refractivity contribution is -0.140. The Labute approximate surface area is 94.0 Å². The van der Waals surface area contributed by atoms with E-state index in [4.69, 9.17) is 5.11 Å². The SMILES string of the molecule is CC[C@@H](C)[C@H](N[S@@](=O)C(C)(C)C)C(=O)O. The van der Waals surface area contributed by atoms with Gasteiger partial charge in [0.2, 0.25) is 0 Å². The minimum Gasteiger partial charge on any atom is -0.480 e. The molecule has 2 N–H and O–H groups in total. The van der Waals surface area contributed by atoms with Gasteiger partial charge in [-0.3, -0.25) is 4.79 Å². The van der Waals surface area contributed by atoms with E-state index >= 15 is 0 Å². The molecule has 0 bridgehead atoms. The zero-order valence-corrected chi connectivity index (χ0v) is 10.9. The minimum atomic E-state index is -1.34. The predicted octanol–water partition coefficient (Wildman–Crippen LogP) is 1.54. The molecule has 0 radical (unpaired) electrons. The predicted molar refractivity (Wildman–Crippen MR) is 61.9 cm³/mol. The van der Waals surface area contributed by atoms with Crippen LogP contribution >= 0.6 is 0 Å². The summed E-state index contributed by atoms with van der Waals surface area (Å²) in [4.78, 5) is 11.0. The van der Waals surface area contributed by atoms with Gasteiger partial charge >= 0.3 is 5.97 Å². The number of hydrogen-bond donors (Lipinski definition) is 2. The number of carboxylic acid groups (broad SMARTS) is 1. The van der Waals surface area contributed by atoms with Crippen LogP contribution in [0.4, 0.5) is 0 Å². The molecule has 0 saturated heterocycles. The lowest BCUT2D eigenvalue weighted by atomic mass is 10.0. The number of rotatable bonds is 5. The van der Waals surface area contributed by atoms with Crippen molar-refractivity contribution in [2.24, 2.45) is 5.92 Å². The summed E-state index contributed by atoms with van der Waals surface area (Å²) < 4.78 is 14.0. The standard InChI is InChI=1S/C10H21NO3S/c1-6-7(2)8(9(12)13)11-15(14)10(3,4)5/h7-8,11H,6H2,1-5H3,(H,12,13)/t7-,8+,15+/m1/s1. The van der Waals surface area contributed by atoms with Gasteiger partial charge in [0.15, 0.2) is 0 Å². The highest BCUT2D eigenvalue weighted by molar-refractivity contribution is 7.84. The first-order valence-corrected chi connectivity index (χ1v) is 6.26. The Kier molecular flexibility index (Phi) is 5.45. The fraction of sp³-hybridized carbons (Fsp3) is 0.900. The molecule has 3 atom stereocenters. The Morgan fingerprint density at radius 3 is 2.20 bits per heavy atom. The maximum atomic E-state index is 11.7. The van der Waals surface area contributed by atoms with Gasteiger partial charge in [0.05, 0.1) is 15.7 Å². The lowest BCUT2D eigenvalue weighted by Crippen LogP contribution is -2.47. The molecule has 4 nitrogen and oxygen atoms in total. The van der Waals surface area contributed by atoms with Crippen molar-refractivity contribution in [2.45, 2.75) is 51.8 Å². The minimum absolute atomic E-state index is 0.0335. The van der Waals surface area contributed by atoms with E-state index in [1.807, 2.05) is 34.6 Å². The first kappa shape index (κ1) is 14.6. The van der Waals surface area contributed by atoms with Crippen LogP contribution in [-0.2, 0) is 15.8 Å². The zero-order valence-electron chi connectivity index (χ0n) is 10.0. The molecule has 0 aromatic rings. The summed E-state index contributed by atoms with van der Waals surface area (Å²) in [6.45, 7) is 9.19. The van der Waals surface area contributed by atoms with Gasteiger partial charge in [0, 0.05) is 0 Å². The molecule has 0 amide bonds. The van der Waals surface area contributed by atoms with E-state index in [-0.39, 0.29) is 5.92 Å². The van der Waals surface area contributed by atoms with E-state index in [2.05, 4.69) is 4.72 Å². The van der Waals surface area contributed by atoms with Crippen LogP contribution in [-0.4, -0.2) is 26.1 Å². The molecule has 0 rings (SSSR count). The molecular weight excluding hydrogens is 214 g/mol. The van der Waals surface area contributed by atoms with Gasteiger partial charge in [-0.05, 0) is 26.7 Å². The van der Waals surface area contributed by atoms with Gasteiger partial charge in [0.25, 0.3) is 0 Å². The van der Waals surface area contributed by atoms with Gasteiger partial charge in [-0.15, -0.1) is 0 Å². The number of carboxylic acids is 1. The van der Waals surface area contributed by atoms with Crippen LogP contribution in [0.2, 0.25) is 0 Å². The largest absolute Gasteiger partial charge is 0.480 e. The van der Waals surface area contributed by atoms with Crippen molar-refractivity contribution in [1.29, 1.82) is 0 Å². The highest BCUT2D eigenvalue weighted by Crippen LogP contribution is 2.14. The molecule has 0 spiro atoms. The summed E-state index contributed by atoms with van der Waals surface area (Å²) in [6.07, 6.45) is 0.741. The molecule has 0 heterocycles. The van der Waals surface area contributed by atoms with E-state index < -0.39 is 27.7 Å². The second kappa shape index (κ2) is 5.61. The number of aliphatic carboxylic acids is 1. The highest BCUT2D eigenvalue weighted by Gasteiger charge is 2.29. The summed E-state index contributed by atoms with van der Waals surface area (Å²) in [5.74, 6) is -0.976. The molecule has 0 aromatic heterocycles. The molecule has 0 unspecified atom stereocenters. The Morgan fingerprint density at radius 1 is 1.47 bits per heavy atom. The molecule has 0 aliphatic carbocycles. The zero-order chi connectivity index (χ0) is 12.2. The summed E-state index contributed by atoms with van der Waals surface area (Å²) in [5.41, 5.74) is 0. The Hall–Kier alpha value is -0.420. The van der Waals surface area contributed by atoms with Gasteiger partial charge in [0.1, 0.15) is 6.04 Å². The van der Waals surface area contributed by atoms with Crippen molar-refractivity contribution in [2.75, 3.05) is 0 Å². The summed E-state index contributed by atoms with van der Waals surface area (Å²) in [7, 11) is -1.34. The lowest BCUT2D eigenvalue weighted by Gasteiger charge is -2.24. The van der Waals surface area contributed by atoms with Crippen molar-refractivity contribution in [3.05, 3.63) is 0 Å². The van der Waals surface area contributed by atoms with Crippen LogP contribution in [0.3, 0.4) is 0 Å². The van der Waals surface area contributed by atoms with Gasteiger partial charge in [-0.25, -0.2) is 8.93 Å². The fourth-order valence-electron chi connectivity index (χ4n) is 0.938. The van der Waals surface area contributed by atoms with E-state index in [9.17, 15) is 9.00 Å². The van der Waals surface area contributed by atoms with Crippen LogP contribution in [0.15, 0.2) is 0 Å². The number of nitrogens with one attached hydrogen (secondary N) is 1. The van der Waals surface area contributed by atoms with Crippen LogP contribution in [0.25, 0.3) is 0 Å². The topological polar surface area (TPSA) is 66.4 Å². The van der Waals surface area contributed by atoms with Gasteiger partial charge < -0.3 is 5.11 Å². The monoisotopic (exact) mass is 235 g/mol. The first-order chi connectivity index (χ1) is 6.70. The maximum Gasteiger partial charge on any atom is 0.321 e. The van der Waals surface area contributed by atoms with E-state index in [1.54, 1.807) is 0 Å². The summed E-state index contributed by atoms with van der Waals surface area (Å²) in [6, 6.07) is -0.741. The average Bonchev–Trinajstić information content (AvgIpc) is 2.10. The summed E-state index contributed by atoms with van der Waals surface area (Å²) >= 11 is 0. The molecule has 5 heteroatoms. The second-order valence-corrected chi connectivity index (χ2v) is 6.70. The molecule has 0 aliphatic rings. The van der Waals surface area contributed by atoms with Crippen molar-refractivity contribution in [3.63, 3.8) is 0 Å². The first-order valence-electron chi connectivity index (χ1n) is 5.11. The third kappa shape index (κ3) is 4.75. The molecule has 15 heavy (non-hydrogen) atoms. The highest BCUT2D eigenvalue weighted by atomic mass is 32.2. The molecule has 0 saturated carbocycles. The Balaban J connectivity index is 4.57.